The van der Waals surface area contributed by atoms with Gasteiger partial charge in [0.1, 0.15) is 5.82 Å². The van der Waals surface area contributed by atoms with Crippen LogP contribution < -0.4 is 5.32 Å². The van der Waals surface area contributed by atoms with Crippen molar-refractivity contribution in [2.24, 2.45) is 5.92 Å². The molecule has 3 heterocycles. The summed E-state index contributed by atoms with van der Waals surface area (Å²) in [6.07, 6.45) is 7.47. The first-order valence-electron chi connectivity index (χ1n) is 10.7. The third-order valence-electron chi connectivity index (χ3n) is 6.03. The Kier molecular flexibility index (Phi) is 5.69. The second-order valence-corrected chi connectivity index (χ2v) is 8.44. The van der Waals surface area contributed by atoms with Crippen molar-refractivity contribution in [1.82, 2.24) is 24.4 Å². The predicted octanol–water partition coefficient (Wildman–Crippen LogP) is 3.11. The van der Waals surface area contributed by atoms with Crippen molar-refractivity contribution in [3.8, 4) is 0 Å². The lowest BCUT2D eigenvalue weighted by atomic mass is 9.88. The van der Waals surface area contributed by atoms with Crippen LogP contribution in [0.4, 0.5) is 10.5 Å². The van der Waals surface area contributed by atoms with Gasteiger partial charge in [0.15, 0.2) is 5.65 Å². The predicted molar refractivity (Wildman–Crippen MR) is 111 cm³/mol. The lowest BCUT2D eigenvalue weighted by Gasteiger charge is -2.37. The summed E-state index contributed by atoms with van der Waals surface area (Å²) in [5.41, 5.74) is 1.48. The van der Waals surface area contributed by atoms with E-state index in [-0.39, 0.29) is 23.8 Å². The minimum Gasteiger partial charge on any atom is -0.339 e. The topological polar surface area (TPSA) is 82.8 Å². The molecular weight excluding hydrogens is 368 g/mol. The van der Waals surface area contributed by atoms with Gasteiger partial charge in [-0.25, -0.2) is 4.79 Å². The maximum atomic E-state index is 12.7. The second kappa shape index (κ2) is 8.39. The molecule has 2 aromatic heterocycles. The number of carbonyl (C=O) groups excluding carboxylic acids is 2. The molecule has 1 N–H and O–H groups in total. The van der Waals surface area contributed by atoms with Crippen molar-refractivity contribution >= 4 is 23.3 Å². The van der Waals surface area contributed by atoms with Crippen LogP contribution in [0.3, 0.4) is 0 Å². The third kappa shape index (κ3) is 4.21. The number of rotatable bonds is 3. The number of nitrogens with one attached hydrogen (secondary N) is 1. The summed E-state index contributed by atoms with van der Waals surface area (Å²) in [4.78, 5) is 29.1. The molecule has 1 saturated heterocycles. The number of piperazine rings is 1. The number of amides is 3. The molecule has 1 saturated carbocycles. The van der Waals surface area contributed by atoms with Gasteiger partial charge < -0.3 is 15.1 Å². The highest BCUT2D eigenvalue weighted by Crippen LogP contribution is 2.26. The molecule has 156 valence electrons. The van der Waals surface area contributed by atoms with Crippen molar-refractivity contribution in [1.29, 1.82) is 0 Å². The third-order valence-corrected chi connectivity index (χ3v) is 6.03. The summed E-state index contributed by atoms with van der Waals surface area (Å²) in [5, 5.41) is 11.4. The van der Waals surface area contributed by atoms with Crippen molar-refractivity contribution in [3.05, 3.63) is 24.2 Å². The molecule has 8 nitrogen and oxygen atoms in total. The Morgan fingerprint density at radius 1 is 1.00 bits per heavy atom. The van der Waals surface area contributed by atoms with Gasteiger partial charge in [0.25, 0.3) is 0 Å². The standard InChI is InChI=1S/C21H30N6O2/c1-15(2)19-24-23-18-9-8-17(14-27(18)19)22-21(29)26-12-10-25(11-13-26)20(28)16-6-4-3-5-7-16/h8-9,14-16H,3-7,10-13H2,1-2H3,(H,22,29). The highest BCUT2D eigenvalue weighted by Gasteiger charge is 2.29. The Morgan fingerprint density at radius 2 is 1.69 bits per heavy atom. The largest absolute Gasteiger partial charge is 0.339 e. The summed E-state index contributed by atoms with van der Waals surface area (Å²) in [6, 6.07) is 3.57. The molecule has 2 aromatic rings. The molecule has 3 amide bonds. The molecule has 1 aliphatic heterocycles. The Labute approximate surface area is 171 Å². The Bertz CT molecular complexity index is 878. The first-order valence-corrected chi connectivity index (χ1v) is 10.7. The lowest BCUT2D eigenvalue weighted by molar-refractivity contribution is -0.138. The highest BCUT2D eigenvalue weighted by atomic mass is 16.2. The Hall–Kier alpha value is -2.64. The number of anilines is 1. The van der Waals surface area contributed by atoms with E-state index in [0.717, 1.165) is 37.2 Å². The first-order chi connectivity index (χ1) is 14.0. The van der Waals surface area contributed by atoms with Gasteiger partial charge in [-0.3, -0.25) is 9.20 Å². The van der Waals surface area contributed by atoms with E-state index in [4.69, 9.17) is 0 Å². The molecular formula is C21H30N6O2. The van der Waals surface area contributed by atoms with Crippen LogP contribution in [0.25, 0.3) is 5.65 Å². The number of hydrogen-bond donors (Lipinski definition) is 1. The molecule has 0 atom stereocenters. The molecule has 0 radical (unpaired) electrons. The fourth-order valence-corrected chi connectivity index (χ4v) is 4.32. The first kappa shape index (κ1) is 19.7. The molecule has 0 spiro atoms. The van der Waals surface area contributed by atoms with E-state index in [1.807, 2.05) is 27.6 Å². The number of hydrogen-bond acceptors (Lipinski definition) is 4. The number of aromatic nitrogens is 3. The Morgan fingerprint density at radius 3 is 2.38 bits per heavy atom. The number of nitrogens with zero attached hydrogens (tertiary/aromatic N) is 5. The van der Waals surface area contributed by atoms with Crippen LogP contribution in [0.1, 0.15) is 57.7 Å². The summed E-state index contributed by atoms with van der Waals surface area (Å²) in [6.45, 7) is 6.49. The monoisotopic (exact) mass is 398 g/mol. The Balaban J connectivity index is 1.34. The molecule has 0 unspecified atom stereocenters. The van der Waals surface area contributed by atoms with Crippen LogP contribution in [0.15, 0.2) is 18.3 Å². The second-order valence-electron chi connectivity index (χ2n) is 8.44. The van der Waals surface area contributed by atoms with Crippen molar-refractivity contribution in [2.75, 3.05) is 31.5 Å². The van der Waals surface area contributed by atoms with Crippen LogP contribution in [0.2, 0.25) is 0 Å². The summed E-state index contributed by atoms with van der Waals surface area (Å²) in [7, 11) is 0. The minimum absolute atomic E-state index is 0.131. The maximum absolute atomic E-state index is 12.7. The van der Waals surface area contributed by atoms with Gasteiger partial charge in [0.2, 0.25) is 5.91 Å². The van der Waals surface area contributed by atoms with Crippen LogP contribution >= 0.6 is 0 Å². The van der Waals surface area contributed by atoms with E-state index in [0.29, 0.717) is 31.9 Å². The molecule has 4 rings (SSSR count). The maximum Gasteiger partial charge on any atom is 0.322 e. The molecule has 0 aromatic carbocycles. The fourth-order valence-electron chi connectivity index (χ4n) is 4.32. The van der Waals surface area contributed by atoms with E-state index < -0.39 is 0 Å². The average molecular weight is 399 g/mol. The van der Waals surface area contributed by atoms with E-state index >= 15 is 0 Å². The zero-order valence-corrected chi connectivity index (χ0v) is 17.3. The number of carbonyl (C=O) groups is 2. The van der Waals surface area contributed by atoms with E-state index in [1.165, 1.54) is 6.42 Å². The molecule has 2 fully saturated rings. The van der Waals surface area contributed by atoms with Gasteiger partial charge in [-0.2, -0.15) is 0 Å². The summed E-state index contributed by atoms with van der Waals surface area (Å²) < 4.78 is 1.92. The molecule has 8 heteroatoms. The van der Waals surface area contributed by atoms with Gasteiger partial charge in [0.05, 0.1) is 5.69 Å². The van der Waals surface area contributed by atoms with E-state index in [9.17, 15) is 9.59 Å². The molecule has 29 heavy (non-hydrogen) atoms. The summed E-state index contributed by atoms with van der Waals surface area (Å²) in [5.74, 6) is 1.58. The molecule has 2 aliphatic rings. The highest BCUT2D eigenvalue weighted by molar-refractivity contribution is 5.89. The van der Waals surface area contributed by atoms with Crippen molar-refractivity contribution in [3.63, 3.8) is 0 Å². The average Bonchev–Trinajstić information content (AvgIpc) is 3.17. The summed E-state index contributed by atoms with van der Waals surface area (Å²) >= 11 is 0. The van der Waals surface area contributed by atoms with Crippen molar-refractivity contribution < 1.29 is 9.59 Å². The number of fused-ring (bicyclic) bond motifs is 1. The number of urea groups is 1. The zero-order chi connectivity index (χ0) is 20.4. The van der Waals surface area contributed by atoms with Gasteiger partial charge in [-0.1, -0.05) is 33.1 Å². The van der Waals surface area contributed by atoms with Gasteiger partial charge in [-0.15, -0.1) is 10.2 Å². The zero-order valence-electron chi connectivity index (χ0n) is 17.3. The van der Waals surface area contributed by atoms with E-state index in [1.54, 1.807) is 4.90 Å². The fraction of sp³-hybridized carbons (Fsp3) is 0.619. The molecule has 0 bridgehead atoms. The lowest BCUT2D eigenvalue weighted by Crippen LogP contribution is -2.53. The van der Waals surface area contributed by atoms with Crippen LogP contribution in [-0.4, -0.2) is 62.5 Å². The number of pyridine rings is 1. The normalized spacial score (nSPS) is 18.4. The van der Waals surface area contributed by atoms with Gasteiger partial charge >= 0.3 is 6.03 Å². The molecule has 1 aliphatic carbocycles. The van der Waals surface area contributed by atoms with E-state index in [2.05, 4.69) is 29.4 Å². The SMILES string of the molecule is CC(C)c1nnc2ccc(NC(=O)N3CCN(C(=O)C4CCCCC4)CC3)cn12. The van der Waals surface area contributed by atoms with Gasteiger partial charge in [-0.05, 0) is 25.0 Å². The quantitative estimate of drug-likeness (QED) is 0.861. The van der Waals surface area contributed by atoms with Crippen LogP contribution in [0.5, 0.6) is 0 Å². The van der Waals surface area contributed by atoms with Crippen LogP contribution in [0, 0.1) is 5.92 Å². The van der Waals surface area contributed by atoms with Crippen LogP contribution in [-0.2, 0) is 4.79 Å². The smallest absolute Gasteiger partial charge is 0.322 e. The van der Waals surface area contributed by atoms with Crippen molar-refractivity contribution in [2.45, 2.75) is 51.9 Å². The minimum atomic E-state index is -0.131. The van der Waals surface area contributed by atoms with Gasteiger partial charge in [0, 0.05) is 44.2 Å².